The molecule has 2 N–H and O–H groups in total. The number of nitrogens with zero attached hydrogens (tertiary/aromatic N) is 1. The number of hydrogen-bond donors (Lipinski definition) is 2. The minimum Gasteiger partial charge on any atom is -0.444 e. The minimum atomic E-state index is -0.561. The summed E-state index contributed by atoms with van der Waals surface area (Å²) in [6.07, 6.45) is 1.08. The zero-order chi connectivity index (χ0) is 18.6. The van der Waals surface area contributed by atoms with Gasteiger partial charge in [0.15, 0.2) is 0 Å². The van der Waals surface area contributed by atoms with Gasteiger partial charge in [-0.05, 0) is 32.4 Å². The first-order valence-corrected chi connectivity index (χ1v) is 7.97. The van der Waals surface area contributed by atoms with Gasteiger partial charge in [-0.1, -0.05) is 24.8 Å². The van der Waals surface area contributed by atoms with E-state index >= 15 is 0 Å². The number of nitrogens with one attached hydrogen (secondary N) is 2. The van der Waals surface area contributed by atoms with Crippen LogP contribution in [0.1, 0.15) is 36.7 Å². The van der Waals surface area contributed by atoms with Crippen molar-refractivity contribution in [2.45, 2.75) is 26.4 Å². The zero-order valence-electron chi connectivity index (χ0n) is 15.0. The van der Waals surface area contributed by atoms with Crippen LogP contribution in [-0.4, -0.2) is 36.2 Å². The highest BCUT2D eigenvalue weighted by Gasteiger charge is 2.17. The van der Waals surface area contributed by atoms with Crippen LogP contribution in [0.25, 0.3) is 16.5 Å². The molecule has 1 heterocycles. The topological polar surface area (TPSA) is 80.3 Å². The number of alkyl carbamates (subject to hydrolysis) is 1. The molecule has 0 saturated carbocycles. The Morgan fingerprint density at radius 2 is 1.92 bits per heavy atom. The molecule has 0 unspecified atom stereocenters. The second-order valence-corrected chi connectivity index (χ2v) is 6.60. The van der Waals surface area contributed by atoms with E-state index in [4.69, 9.17) is 4.74 Å². The van der Waals surface area contributed by atoms with E-state index in [2.05, 4.69) is 22.2 Å². The number of amides is 2. The van der Waals surface area contributed by atoms with Gasteiger partial charge in [-0.3, -0.25) is 9.78 Å². The number of fused-ring (bicyclic) bond motifs is 1. The maximum Gasteiger partial charge on any atom is 0.407 e. The number of ether oxygens (including phenoxy) is 1. The van der Waals surface area contributed by atoms with Gasteiger partial charge >= 0.3 is 6.09 Å². The van der Waals surface area contributed by atoms with Crippen LogP contribution in [0.5, 0.6) is 0 Å². The van der Waals surface area contributed by atoms with Crippen LogP contribution in [0.4, 0.5) is 4.79 Å². The largest absolute Gasteiger partial charge is 0.444 e. The van der Waals surface area contributed by atoms with E-state index in [9.17, 15) is 9.59 Å². The first-order valence-electron chi connectivity index (χ1n) is 7.97. The Hall–Kier alpha value is -2.89. The van der Waals surface area contributed by atoms with Crippen LogP contribution in [0.2, 0.25) is 0 Å². The van der Waals surface area contributed by atoms with Crippen molar-refractivity contribution in [2.24, 2.45) is 0 Å². The highest BCUT2D eigenvalue weighted by molar-refractivity contribution is 6.07. The molecule has 0 aliphatic rings. The average molecular weight is 341 g/mol. The third-order valence-electron chi connectivity index (χ3n) is 3.47. The van der Waals surface area contributed by atoms with Gasteiger partial charge in [0.1, 0.15) is 5.60 Å². The van der Waals surface area contributed by atoms with E-state index in [-0.39, 0.29) is 12.5 Å². The summed E-state index contributed by atoms with van der Waals surface area (Å²) in [5.74, 6) is -0.179. The molecule has 2 amide bonds. The Morgan fingerprint density at radius 3 is 2.56 bits per heavy atom. The molecule has 0 radical (unpaired) electrons. The first kappa shape index (κ1) is 18.4. The van der Waals surface area contributed by atoms with Crippen LogP contribution >= 0.6 is 0 Å². The van der Waals surface area contributed by atoms with E-state index in [0.717, 1.165) is 10.9 Å². The zero-order valence-corrected chi connectivity index (χ0v) is 15.0. The number of benzene rings is 1. The smallest absolute Gasteiger partial charge is 0.407 e. The summed E-state index contributed by atoms with van der Waals surface area (Å²) in [6.45, 7) is 9.66. The van der Waals surface area contributed by atoms with Gasteiger partial charge in [0.25, 0.3) is 5.91 Å². The fourth-order valence-corrected chi connectivity index (χ4v) is 2.38. The van der Waals surface area contributed by atoms with Crippen molar-refractivity contribution in [1.82, 2.24) is 15.6 Å². The van der Waals surface area contributed by atoms with Crippen molar-refractivity contribution >= 4 is 28.5 Å². The summed E-state index contributed by atoms with van der Waals surface area (Å²) in [7, 11) is 1.59. The van der Waals surface area contributed by atoms with Crippen LogP contribution in [-0.2, 0) is 4.74 Å². The van der Waals surface area contributed by atoms with Crippen LogP contribution in [0.15, 0.2) is 37.0 Å². The van der Waals surface area contributed by atoms with Gasteiger partial charge in [-0.2, -0.15) is 0 Å². The van der Waals surface area contributed by atoms with Crippen molar-refractivity contribution in [3.63, 3.8) is 0 Å². The molecule has 2 rings (SSSR count). The number of carbonyl (C=O) groups is 2. The molecule has 0 atom stereocenters. The number of hydrogen-bond acceptors (Lipinski definition) is 4. The molecule has 0 fully saturated rings. The Morgan fingerprint density at radius 1 is 1.20 bits per heavy atom. The van der Waals surface area contributed by atoms with Gasteiger partial charge in [-0.25, -0.2) is 4.79 Å². The molecule has 1 aromatic heterocycles. The lowest BCUT2D eigenvalue weighted by Crippen LogP contribution is -2.33. The maximum absolute atomic E-state index is 12.0. The minimum absolute atomic E-state index is 0.179. The van der Waals surface area contributed by atoms with E-state index in [1.165, 1.54) is 0 Å². The molecule has 25 heavy (non-hydrogen) atoms. The monoisotopic (exact) mass is 341 g/mol. The van der Waals surface area contributed by atoms with E-state index in [1.807, 2.05) is 18.2 Å². The number of para-hydroxylation sites is 1. The fraction of sp³-hybridized carbons (Fsp3) is 0.316. The summed E-state index contributed by atoms with van der Waals surface area (Å²) in [6, 6.07) is 7.21. The Labute approximate surface area is 147 Å². The second-order valence-electron chi connectivity index (χ2n) is 6.60. The van der Waals surface area contributed by atoms with Gasteiger partial charge in [0.05, 0.1) is 11.1 Å². The van der Waals surface area contributed by atoms with Crippen LogP contribution in [0, 0.1) is 0 Å². The summed E-state index contributed by atoms with van der Waals surface area (Å²) in [4.78, 5) is 28.2. The Balaban J connectivity index is 2.25. The highest BCUT2D eigenvalue weighted by Crippen LogP contribution is 2.24. The number of aromatic nitrogens is 1. The third kappa shape index (κ3) is 4.56. The lowest BCUT2D eigenvalue weighted by molar-refractivity contribution is 0.0535. The Kier molecular flexibility index (Phi) is 5.41. The van der Waals surface area contributed by atoms with E-state index < -0.39 is 11.7 Å². The predicted molar refractivity (Wildman–Crippen MR) is 98.4 cm³/mol. The lowest BCUT2D eigenvalue weighted by Gasteiger charge is -2.20. The van der Waals surface area contributed by atoms with E-state index in [0.29, 0.717) is 16.7 Å². The number of carbonyl (C=O) groups excluding carboxylic acids is 2. The fourth-order valence-electron chi connectivity index (χ4n) is 2.38. The van der Waals surface area contributed by atoms with Gasteiger partial charge in [0, 0.05) is 30.7 Å². The van der Waals surface area contributed by atoms with Crippen LogP contribution < -0.4 is 10.6 Å². The maximum atomic E-state index is 12.0. The summed E-state index contributed by atoms with van der Waals surface area (Å²) >= 11 is 0. The van der Waals surface area contributed by atoms with Gasteiger partial charge < -0.3 is 15.4 Å². The molecule has 0 aliphatic carbocycles. The standard InChI is InChI=1S/C19H23N3O3/c1-12(11-22-18(24)25-19(2,3)4)13-7-6-8-14-15(17(23)20-5)9-10-21-16(13)14/h6-10H,1,11H2,2-5H3,(H,20,23)(H,22,24). The number of pyridine rings is 1. The molecule has 0 saturated heterocycles. The SMILES string of the molecule is C=C(CNC(=O)OC(C)(C)C)c1cccc2c(C(=O)NC)ccnc12. The third-order valence-corrected chi connectivity index (χ3v) is 3.47. The Bertz CT molecular complexity index is 822. The molecule has 1 aromatic carbocycles. The summed E-state index contributed by atoms with van der Waals surface area (Å²) in [5.41, 5.74) is 2.11. The predicted octanol–water partition coefficient (Wildman–Crippen LogP) is 3.13. The second kappa shape index (κ2) is 7.34. The first-order chi connectivity index (χ1) is 11.7. The number of rotatable bonds is 4. The van der Waals surface area contributed by atoms with Gasteiger partial charge in [0.2, 0.25) is 0 Å². The van der Waals surface area contributed by atoms with Crippen molar-refractivity contribution < 1.29 is 14.3 Å². The van der Waals surface area contributed by atoms with Crippen LogP contribution in [0.3, 0.4) is 0 Å². The normalized spacial score (nSPS) is 11.0. The van der Waals surface area contributed by atoms with Crippen molar-refractivity contribution in [1.29, 1.82) is 0 Å². The molecular weight excluding hydrogens is 318 g/mol. The summed E-state index contributed by atoms with van der Waals surface area (Å²) in [5, 5.41) is 6.04. The van der Waals surface area contributed by atoms with E-state index in [1.54, 1.807) is 40.1 Å². The molecule has 0 spiro atoms. The van der Waals surface area contributed by atoms with Gasteiger partial charge in [-0.15, -0.1) is 0 Å². The average Bonchev–Trinajstić information content (AvgIpc) is 2.56. The van der Waals surface area contributed by atoms with Crippen molar-refractivity contribution in [3.05, 3.63) is 48.2 Å². The lowest BCUT2D eigenvalue weighted by atomic mass is 10.00. The molecule has 6 heteroatoms. The quantitative estimate of drug-likeness (QED) is 0.895. The molecule has 0 aliphatic heterocycles. The molecule has 2 aromatic rings. The summed E-state index contributed by atoms with van der Waals surface area (Å²) < 4.78 is 5.22. The highest BCUT2D eigenvalue weighted by atomic mass is 16.6. The molecular formula is C19H23N3O3. The van der Waals surface area contributed by atoms with Crippen molar-refractivity contribution in [2.75, 3.05) is 13.6 Å². The molecule has 6 nitrogen and oxygen atoms in total. The molecule has 0 bridgehead atoms. The van der Waals surface area contributed by atoms with Crippen molar-refractivity contribution in [3.8, 4) is 0 Å². The molecule has 132 valence electrons.